The van der Waals surface area contributed by atoms with Gasteiger partial charge in [0.2, 0.25) is 0 Å². The van der Waals surface area contributed by atoms with E-state index in [-0.39, 0.29) is 0 Å². The van der Waals surface area contributed by atoms with E-state index >= 15 is 0 Å². The molecule has 5 heteroatoms. The number of aromatic nitrogens is 4. The fraction of sp³-hybridized carbons (Fsp3) is 0.412. The maximum atomic E-state index is 8.74. The molecule has 112 valence electrons. The maximum Gasteiger partial charge on any atom is 0.158 e. The SMILES string of the molecule is Cn1cc(C=Cc2cnc(C#N)cn2)c(C2CCCCC2)n1. The van der Waals surface area contributed by atoms with Crippen LogP contribution in [0.15, 0.2) is 18.6 Å². The highest BCUT2D eigenvalue weighted by Gasteiger charge is 2.20. The van der Waals surface area contributed by atoms with E-state index in [9.17, 15) is 0 Å². The zero-order valence-corrected chi connectivity index (χ0v) is 12.7. The Labute approximate surface area is 130 Å². The second kappa shape index (κ2) is 6.52. The van der Waals surface area contributed by atoms with Crippen LogP contribution in [0.3, 0.4) is 0 Å². The number of hydrogen-bond donors (Lipinski definition) is 0. The van der Waals surface area contributed by atoms with Gasteiger partial charge in [-0.05, 0) is 25.0 Å². The summed E-state index contributed by atoms with van der Waals surface area (Å²) in [5, 5.41) is 13.4. The van der Waals surface area contributed by atoms with Crippen molar-refractivity contribution in [3.8, 4) is 6.07 Å². The molecule has 0 aliphatic heterocycles. The first-order valence-electron chi connectivity index (χ1n) is 7.70. The third-order valence-electron chi connectivity index (χ3n) is 4.10. The molecule has 0 radical (unpaired) electrons. The van der Waals surface area contributed by atoms with E-state index in [1.54, 1.807) is 6.20 Å². The summed E-state index contributed by atoms with van der Waals surface area (Å²) >= 11 is 0. The Morgan fingerprint density at radius 1 is 1.18 bits per heavy atom. The second-order valence-corrected chi connectivity index (χ2v) is 5.75. The Morgan fingerprint density at radius 2 is 2.00 bits per heavy atom. The predicted molar refractivity (Wildman–Crippen MR) is 84.7 cm³/mol. The van der Waals surface area contributed by atoms with Crippen LogP contribution in [0, 0.1) is 11.3 Å². The van der Waals surface area contributed by atoms with Gasteiger partial charge >= 0.3 is 0 Å². The molecule has 1 aliphatic carbocycles. The van der Waals surface area contributed by atoms with Gasteiger partial charge in [0, 0.05) is 24.7 Å². The third kappa shape index (κ3) is 3.22. The minimum Gasteiger partial charge on any atom is -0.275 e. The Kier molecular flexibility index (Phi) is 4.29. The van der Waals surface area contributed by atoms with E-state index < -0.39 is 0 Å². The van der Waals surface area contributed by atoms with Crippen LogP contribution in [0.25, 0.3) is 12.2 Å². The van der Waals surface area contributed by atoms with Gasteiger partial charge in [-0.2, -0.15) is 10.4 Å². The van der Waals surface area contributed by atoms with Crippen LogP contribution in [0.4, 0.5) is 0 Å². The molecule has 0 aromatic carbocycles. The van der Waals surface area contributed by atoms with Crippen LogP contribution in [0.5, 0.6) is 0 Å². The first kappa shape index (κ1) is 14.5. The van der Waals surface area contributed by atoms with Crippen LogP contribution in [0.1, 0.15) is 60.7 Å². The number of rotatable bonds is 3. The molecule has 1 fully saturated rings. The third-order valence-corrected chi connectivity index (χ3v) is 4.10. The molecule has 1 saturated carbocycles. The molecule has 0 atom stereocenters. The first-order valence-corrected chi connectivity index (χ1v) is 7.70. The van der Waals surface area contributed by atoms with E-state index in [4.69, 9.17) is 5.26 Å². The molecule has 1 aliphatic rings. The summed E-state index contributed by atoms with van der Waals surface area (Å²) in [6, 6.07) is 1.97. The van der Waals surface area contributed by atoms with Crippen molar-refractivity contribution in [2.75, 3.05) is 0 Å². The fourth-order valence-corrected chi connectivity index (χ4v) is 3.00. The lowest BCUT2D eigenvalue weighted by molar-refractivity contribution is 0.433. The van der Waals surface area contributed by atoms with E-state index in [1.807, 2.05) is 30.0 Å². The highest BCUT2D eigenvalue weighted by molar-refractivity contribution is 5.68. The van der Waals surface area contributed by atoms with Crippen LogP contribution in [-0.4, -0.2) is 19.7 Å². The molecule has 2 aromatic rings. The highest BCUT2D eigenvalue weighted by atomic mass is 15.3. The monoisotopic (exact) mass is 293 g/mol. The van der Waals surface area contributed by atoms with Crippen molar-refractivity contribution >= 4 is 12.2 Å². The van der Waals surface area contributed by atoms with Crippen LogP contribution in [0.2, 0.25) is 0 Å². The van der Waals surface area contributed by atoms with E-state index in [0.29, 0.717) is 11.6 Å². The Balaban J connectivity index is 1.81. The lowest BCUT2D eigenvalue weighted by Crippen LogP contribution is -2.06. The van der Waals surface area contributed by atoms with Crippen molar-refractivity contribution in [3.63, 3.8) is 0 Å². The molecule has 0 bridgehead atoms. The number of nitrogens with zero attached hydrogens (tertiary/aromatic N) is 5. The summed E-state index contributed by atoms with van der Waals surface area (Å²) in [4.78, 5) is 8.25. The van der Waals surface area contributed by atoms with Gasteiger partial charge in [0.15, 0.2) is 5.69 Å². The van der Waals surface area contributed by atoms with Crippen LogP contribution in [-0.2, 0) is 7.05 Å². The van der Waals surface area contributed by atoms with Gasteiger partial charge in [0.25, 0.3) is 0 Å². The Morgan fingerprint density at radius 3 is 2.68 bits per heavy atom. The zero-order valence-electron chi connectivity index (χ0n) is 12.7. The smallest absolute Gasteiger partial charge is 0.158 e. The van der Waals surface area contributed by atoms with Gasteiger partial charge in [-0.15, -0.1) is 0 Å². The van der Waals surface area contributed by atoms with Crippen molar-refractivity contribution < 1.29 is 0 Å². The van der Waals surface area contributed by atoms with Crippen molar-refractivity contribution in [1.82, 2.24) is 19.7 Å². The predicted octanol–water partition coefficient (Wildman–Crippen LogP) is 3.30. The molecule has 0 saturated heterocycles. The molecule has 0 unspecified atom stereocenters. The van der Waals surface area contributed by atoms with Crippen LogP contribution >= 0.6 is 0 Å². The fourth-order valence-electron chi connectivity index (χ4n) is 3.00. The number of nitriles is 1. The van der Waals surface area contributed by atoms with E-state index in [2.05, 4.69) is 21.3 Å². The largest absolute Gasteiger partial charge is 0.275 e. The molecule has 3 rings (SSSR count). The van der Waals surface area contributed by atoms with Crippen molar-refractivity contribution in [3.05, 3.63) is 41.2 Å². The van der Waals surface area contributed by atoms with E-state index in [1.165, 1.54) is 44.0 Å². The lowest BCUT2D eigenvalue weighted by atomic mass is 9.85. The summed E-state index contributed by atoms with van der Waals surface area (Å²) in [7, 11) is 1.96. The van der Waals surface area contributed by atoms with Gasteiger partial charge in [-0.3, -0.25) is 9.67 Å². The number of aryl methyl sites for hydroxylation is 1. The summed E-state index contributed by atoms with van der Waals surface area (Å²) < 4.78 is 1.88. The van der Waals surface area contributed by atoms with Crippen LogP contribution < -0.4 is 0 Å². The summed E-state index contributed by atoms with van der Waals surface area (Å²) in [6.45, 7) is 0. The number of hydrogen-bond acceptors (Lipinski definition) is 4. The molecule has 22 heavy (non-hydrogen) atoms. The average Bonchev–Trinajstić information content (AvgIpc) is 2.95. The average molecular weight is 293 g/mol. The molecular formula is C17H19N5. The van der Waals surface area contributed by atoms with Crippen molar-refractivity contribution in [1.29, 1.82) is 5.26 Å². The quantitative estimate of drug-likeness (QED) is 0.870. The molecule has 0 N–H and O–H groups in total. The summed E-state index contributed by atoms with van der Waals surface area (Å²) in [5.41, 5.74) is 3.43. The van der Waals surface area contributed by atoms with Gasteiger partial charge in [-0.25, -0.2) is 4.98 Å². The van der Waals surface area contributed by atoms with Crippen molar-refractivity contribution in [2.24, 2.45) is 7.05 Å². The van der Waals surface area contributed by atoms with Crippen molar-refractivity contribution in [2.45, 2.75) is 38.0 Å². The normalized spacial score (nSPS) is 16.0. The van der Waals surface area contributed by atoms with E-state index in [0.717, 1.165) is 11.3 Å². The molecule has 2 heterocycles. The Bertz CT molecular complexity index is 700. The summed E-state index contributed by atoms with van der Waals surface area (Å²) in [6.07, 6.45) is 15.5. The topological polar surface area (TPSA) is 67.4 Å². The Hall–Kier alpha value is -2.48. The van der Waals surface area contributed by atoms with Gasteiger partial charge in [-0.1, -0.05) is 19.3 Å². The zero-order chi connectivity index (χ0) is 15.4. The lowest BCUT2D eigenvalue weighted by Gasteiger charge is -2.20. The van der Waals surface area contributed by atoms with Gasteiger partial charge in [0.05, 0.1) is 23.8 Å². The minimum absolute atomic E-state index is 0.335. The summed E-state index contributed by atoms with van der Waals surface area (Å²) in [5.74, 6) is 0.571. The first-order chi connectivity index (χ1) is 10.8. The maximum absolute atomic E-state index is 8.74. The molecule has 0 amide bonds. The second-order valence-electron chi connectivity index (χ2n) is 5.75. The highest BCUT2D eigenvalue weighted by Crippen LogP contribution is 2.33. The minimum atomic E-state index is 0.335. The van der Waals surface area contributed by atoms with Gasteiger partial charge < -0.3 is 0 Å². The van der Waals surface area contributed by atoms with Gasteiger partial charge in [0.1, 0.15) is 6.07 Å². The molecular weight excluding hydrogens is 274 g/mol. The molecule has 2 aromatic heterocycles. The standard InChI is InChI=1S/C17H19N5/c1-22-12-14(17(21-22)13-5-3-2-4-6-13)7-8-15-10-20-16(9-18)11-19-15/h7-8,10-13H,2-6H2,1H3. The molecule has 5 nitrogen and oxygen atoms in total. The molecule has 0 spiro atoms.